The van der Waals surface area contributed by atoms with Gasteiger partial charge in [0, 0.05) is 5.69 Å². The average Bonchev–Trinajstić information content (AvgIpc) is 3.24. The summed E-state index contributed by atoms with van der Waals surface area (Å²) in [6.45, 7) is 1.89. The van der Waals surface area contributed by atoms with Crippen LogP contribution >= 0.6 is 0 Å². The summed E-state index contributed by atoms with van der Waals surface area (Å²) in [5, 5.41) is 3.48. The van der Waals surface area contributed by atoms with Crippen LogP contribution < -0.4 is 5.32 Å². The lowest BCUT2D eigenvalue weighted by Gasteiger charge is -2.21. The van der Waals surface area contributed by atoms with Gasteiger partial charge >= 0.3 is 0 Å². The summed E-state index contributed by atoms with van der Waals surface area (Å²) in [5.41, 5.74) is 2.91. The first-order chi connectivity index (χ1) is 9.63. The van der Waals surface area contributed by atoms with Gasteiger partial charge in [0.05, 0.1) is 6.04 Å². The Hall–Kier alpha value is -1.90. The molecule has 0 radical (unpaired) electrons. The molecule has 0 aliphatic heterocycles. The second-order valence-electron chi connectivity index (χ2n) is 5.47. The fraction of sp³-hybridized carbons (Fsp3) is 0.294. The van der Waals surface area contributed by atoms with E-state index < -0.39 is 0 Å². The average molecular weight is 273 g/mol. The van der Waals surface area contributed by atoms with Crippen molar-refractivity contribution in [2.75, 3.05) is 5.32 Å². The molecule has 0 spiro atoms. The van der Waals surface area contributed by atoms with Crippen molar-refractivity contribution in [3.63, 3.8) is 0 Å². The van der Waals surface area contributed by atoms with Crippen LogP contribution in [0.4, 0.5) is 14.5 Å². The molecule has 0 saturated heterocycles. The lowest BCUT2D eigenvalue weighted by Crippen LogP contribution is -2.13. The van der Waals surface area contributed by atoms with Crippen LogP contribution in [0.3, 0.4) is 0 Å². The van der Waals surface area contributed by atoms with Crippen LogP contribution in [0, 0.1) is 24.5 Å². The predicted molar refractivity (Wildman–Crippen MR) is 76.6 cm³/mol. The van der Waals surface area contributed by atoms with Gasteiger partial charge in [0.25, 0.3) is 0 Å². The first kappa shape index (κ1) is 13.1. The van der Waals surface area contributed by atoms with Crippen molar-refractivity contribution in [3.8, 4) is 0 Å². The first-order valence-electron chi connectivity index (χ1n) is 6.91. The molecule has 1 nitrogen and oxygen atoms in total. The lowest BCUT2D eigenvalue weighted by molar-refractivity contribution is 0.621. The molecule has 2 aromatic rings. The Labute approximate surface area is 117 Å². The van der Waals surface area contributed by atoms with Crippen LogP contribution in [-0.4, -0.2) is 0 Å². The van der Waals surface area contributed by atoms with Crippen molar-refractivity contribution in [1.82, 2.24) is 0 Å². The van der Waals surface area contributed by atoms with Crippen LogP contribution in [0.5, 0.6) is 0 Å². The van der Waals surface area contributed by atoms with Gasteiger partial charge in [-0.25, -0.2) is 8.78 Å². The quantitative estimate of drug-likeness (QED) is 0.840. The molecule has 0 amide bonds. The molecule has 2 aromatic carbocycles. The third-order valence-electron chi connectivity index (χ3n) is 3.82. The van der Waals surface area contributed by atoms with Gasteiger partial charge in [-0.05, 0) is 67.1 Å². The summed E-state index contributed by atoms with van der Waals surface area (Å²) in [6, 6.07) is 11.5. The van der Waals surface area contributed by atoms with Crippen molar-refractivity contribution in [2.45, 2.75) is 25.8 Å². The minimum atomic E-state index is -0.224. The molecule has 20 heavy (non-hydrogen) atoms. The monoisotopic (exact) mass is 273 g/mol. The van der Waals surface area contributed by atoms with E-state index in [0.29, 0.717) is 5.92 Å². The third-order valence-corrected chi connectivity index (χ3v) is 3.82. The van der Waals surface area contributed by atoms with Gasteiger partial charge in [-0.2, -0.15) is 0 Å². The molecule has 1 N–H and O–H groups in total. The van der Waals surface area contributed by atoms with E-state index in [4.69, 9.17) is 0 Å². The molecule has 104 valence electrons. The maximum absolute atomic E-state index is 13.2. The zero-order valence-electron chi connectivity index (χ0n) is 11.4. The van der Waals surface area contributed by atoms with E-state index in [0.717, 1.165) is 16.8 Å². The second-order valence-corrected chi connectivity index (χ2v) is 5.47. The number of hydrogen-bond acceptors (Lipinski definition) is 1. The zero-order valence-corrected chi connectivity index (χ0v) is 11.4. The van der Waals surface area contributed by atoms with Crippen LogP contribution in [0.15, 0.2) is 42.5 Å². The number of halogens is 2. The highest BCUT2D eigenvalue weighted by Gasteiger charge is 2.32. The largest absolute Gasteiger partial charge is 0.378 e. The molecular weight excluding hydrogens is 256 g/mol. The molecule has 3 rings (SSSR count). The van der Waals surface area contributed by atoms with Crippen molar-refractivity contribution < 1.29 is 8.78 Å². The van der Waals surface area contributed by atoms with Crippen LogP contribution in [0.25, 0.3) is 0 Å². The molecule has 1 saturated carbocycles. The Morgan fingerprint density at radius 3 is 2.25 bits per heavy atom. The van der Waals surface area contributed by atoms with Gasteiger partial charge in [0.2, 0.25) is 0 Å². The van der Waals surface area contributed by atoms with E-state index in [1.54, 1.807) is 6.07 Å². The molecule has 3 heteroatoms. The van der Waals surface area contributed by atoms with Crippen LogP contribution in [0.1, 0.15) is 30.0 Å². The van der Waals surface area contributed by atoms with E-state index in [1.807, 2.05) is 19.1 Å². The third kappa shape index (κ3) is 2.82. The summed E-state index contributed by atoms with van der Waals surface area (Å²) in [4.78, 5) is 0. The fourth-order valence-electron chi connectivity index (χ4n) is 2.53. The molecule has 0 aromatic heterocycles. The Bertz CT molecular complexity index is 603. The number of nitrogens with one attached hydrogen (secondary N) is 1. The van der Waals surface area contributed by atoms with Gasteiger partial charge in [-0.3, -0.25) is 0 Å². The van der Waals surface area contributed by atoms with Gasteiger partial charge in [0.15, 0.2) is 0 Å². The van der Waals surface area contributed by atoms with Gasteiger partial charge in [-0.15, -0.1) is 0 Å². The Balaban J connectivity index is 1.86. The van der Waals surface area contributed by atoms with Crippen molar-refractivity contribution in [2.24, 2.45) is 5.92 Å². The Kier molecular flexibility index (Phi) is 3.43. The number of aryl methyl sites for hydroxylation is 1. The summed E-state index contributed by atoms with van der Waals surface area (Å²) in [7, 11) is 0. The molecule has 1 atom stereocenters. The van der Waals surface area contributed by atoms with Gasteiger partial charge < -0.3 is 5.32 Å². The van der Waals surface area contributed by atoms with Crippen molar-refractivity contribution >= 4 is 5.69 Å². The van der Waals surface area contributed by atoms with Crippen molar-refractivity contribution in [3.05, 3.63) is 65.2 Å². The number of hydrogen-bond donors (Lipinski definition) is 1. The molecule has 1 aliphatic carbocycles. The van der Waals surface area contributed by atoms with E-state index in [2.05, 4.69) is 5.32 Å². The Morgan fingerprint density at radius 2 is 1.65 bits per heavy atom. The van der Waals surface area contributed by atoms with Gasteiger partial charge in [0.1, 0.15) is 11.6 Å². The SMILES string of the molecule is Cc1cc(F)ccc1NC(c1ccc(F)cc1)C1CC1. The summed E-state index contributed by atoms with van der Waals surface area (Å²) in [5.74, 6) is 0.129. The van der Waals surface area contributed by atoms with Crippen LogP contribution in [-0.2, 0) is 0 Å². The van der Waals surface area contributed by atoms with Gasteiger partial charge in [-0.1, -0.05) is 12.1 Å². The molecule has 0 bridgehead atoms. The maximum atomic E-state index is 13.2. The molecule has 1 unspecified atom stereocenters. The summed E-state index contributed by atoms with van der Waals surface area (Å²) < 4.78 is 26.2. The minimum Gasteiger partial charge on any atom is -0.378 e. The normalized spacial score (nSPS) is 15.9. The maximum Gasteiger partial charge on any atom is 0.123 e. The highest BCUT2D eigenvalue weighted by Crippen LogP contribution is 2.43. The highest BCUT2D eigenvalue weighted by molar-refractivity contribution is 5.52. The smallest absolute Gasteiger partial charge is 0.123 e. The van der Waals surface area contributed by atoms with Crippen molar-refractivity contribution in [1.29, 1.82) is 0 Å². The lowest BCUT2D eigenvalue weighted by atomic mass is 10.0. The fourth-order valence-corrected chi connectivity index (χ4v) is 2.53. The van der Waals surface area contributed by atoms with E-state index in [9.17, 15) is 8.78 Å². The molecular formula is C17H17F2N. The van der Waals surface area contributed by atoms with E-state index in [-0.39, 0.29) is 17.7 Å². The topological polar surface area (TPSA) is 12.0 Å². The van der Waals surface area contributed by atoms with E-state index in [1.165, 1.54) is 37.1 Å². The predicted octanol–water partition coefficient (Wildman–Crippen LogP) is 4.84. The highest BCUT2D eigenvalue weighted by atomic mass is 19.1. The number of benzene rings is 2. The Morgan fingerprint density at radius 1 is 1.00 bits per heavy atom. The zero-order chi connectivity index (χ0) is 14.1. The molecule has 1 aliphatic rings. The minimum absolute atomic E-state index is 0.166. The standard InChI is InChI=1S/C17H17F2N/c1-11-10-15(19)8-9-16(11)20-17(12-2-3-12)13-4-6-14(18)7-5-13/h4-10,12,17,20H,2-3H2,1H3. The second kappa shape index (κ2) is 5.23. The summed E-state index contributed by atoms with van der Waals surface area (Å²) >= 11 is 0. The molecule has 0 heterocycles. The number of anilines is 1. The molecule has 1 fully saturated rings. The van der Waals surface area contributed by atoms with Crippen LogP contribution in [0.2, 0.25) is 0 Å². The number of rotatable bonds is 4. The first-order valence-corrected chi connectivity index (χ1v) is 6.91. The summed E-state index contributed by atoms with van der Waals surface area (Å²) in [6.07, 6.45) is 2.35. The van der Waals surface area contributed by atoms with E-state index >= 15 is 0 Å².